The van der Waals surface area contributed by atoms with Crippen molar-refractivity contribution in [2.75, 3.05) is 0 Å². The largest absolute Gasteiger partial charge is 0.491 e. The highest BCUT2D eigenvalue weighted by molar-refractivity contribution is 5.87. The molecular weight excluding hydrogens is 504 g/mol. The van der Waals surface area contributed by atoms with Crippen molar-refractivity contribution < 1.29 is 14.6 Å². The molecule has 0 bridgehead atoms. The molecule has 6 rings (SSSR count). The van der Waals surface area contributed by atoms with E-state index < -0.39 is 5.97 Å². The molecule has 196 valence electrons. The Bertz CT molecular complexity index is 1810. The van der Waals surface area contributed by atoms with E-state index in [0.29, 0.717) is 17.5 Å². The van der Waals surface area contributed by atoms with Crippen LogP contribution >= 0.6 is 0 Å². The van der Waals surface area contributed by atoms with E-state index in [1.54, 1.807) is 23.1 Å². The number of carboxylic acids is 1. The third kappa shape index (κ3) is 5.00. The lowest BCUT2D eigenvalue weighted by Gasteiger charge is -2.10. The van der Waals surface area contributed by atoms with Crippen molar-refractivity contribution in [3.8, 4) is 45.5 Å². The van der Waals surface area contributed by atoms with Gasteiger partial charge in [0, 0.05) is 29.7 Å². The zero-order chi connectivity index (χ0) is 27.6. The summed E-state index contributed by atoms with van der Waals surface area (Å²) in [5.74, 6) is 1.28. The summed E-state index contributed by atoms with van der Waals surface area (Å²) in [4.78, 5) is 29.3. The number of pyridine rings is 1. The van der Waals surface area contributed by atoms with Crippen molar-refractivity contribution in [1.82, 2.24) is 29.7 Å². The predicted octanol–water partition coefficient (Wildman–Crippen LogP) is 6.09. The number of aromatic nitrogens is 6. The van der Waals surface area contributed by atoms with Gasteiger partial charge in [0.25, 0.3) is 0 Å². The first-order chi connectivity index (χ1) is 19.4. The second-order valence-electron chi connectivity index (χ2n) is 9.41. The molecule has 0 aliphatic rings. The number of rotatable bonds is 7. The van der Waals surface area contributed by atoms with Gasteiger partial charge >= 0.3 is 5.97 Å². The number of hydrogen-bond donors (Lipinski definition) is 1. The van der Waals surface area contributed by atoms with Crippen LogP contribution in [0, 0.1) is 0 Å². The van der Waals surface area contributed by atoms with Crippen molar-refractivity contribution >= 4 is 17.0 Å². The summed E-state index contributed by atoms with van der Waals surface area (Å²) < 4.78 is 7.36. The molecule has 3 heterocycles. The highest BCUT2D eigenvalue weighted by Crippen LogP contribution is 2.29. The van der Waals surface area contributed by atoms with Crippen molar-refractivity contribution in [1.29, 1.82) is 0 Å². The number of fused-ring (bicyclic) bond motifs is 1. The standard InChI is InChI=1S/C31H24N6O3/c1-19(2)40-25-11-7-21(8-12-25)20-3-5-22(6-4-20)29-35-30(23-9-13-26-27(17-23)33-16-15-32-26)37(36-29)28-14-10-24(18-34-28)31(38)39/h3-19H,1-2H3,(H,38,39). The van der Waals surface area contributed by atoms with E-state index in [1.165, 1.54) is 12.3 Å². The van der Waals surface area contributed by atoms with E-state index >= 15 is 0 Å². The first kappa shape index (κ1) is 24.9. The minimum atomic E-state index is -1.05. The van der Waals surface area contributed by atoms with Gasteiger partial charge in [0.05, 0.1) is 22.7 Å². The van der Waals surface area contributed by atoms with Gasteiger partial charge in [0.1, 0.15) is 5.75 Å². The zero-order valence-corrected chi connectivity index (χ0v) is 21.8. The molecule has 0 atom stereocenters. The summed E-state index contributed by atoms with van der Waals surface area (Å²) in [5, 5.41) is 14.1. The van der Waals surface area contributed by atoms with Gasteiger partial charge in [-0.3, -0.25) is 9.97 Å². The summed E-state index contributed by atoms with van der Waals surface area (Å²) in [5.41, 5.74) is 5.30. The predicted molar refractivity (Wildman–Crippen MR) is 151 cm³/mol. The maximum Gasteiger partial charge on any atom is 0.337 e. The van der Waals surface area contributed by atoms with Gasteiger partial charge in [-0.1, -0.05) is 36.4 Å². The average Bonchev–Trinajstić information content (AvgIpc) is 3.43. The summed E-state index contributed by atoms with van der Waals surface area (Å²) >= 11 is 0. The number of aromatic carboxylic acids is 1. The van der Waals surface area contributed by atoms with Crippen LogP contribution in [0.5, 0.6) is 5.75 Å². The molecule has 0 unspecified atom stereocenters. The quantitative estimate of drug-likeness (QED) is 0.265. The third-order valence-electron chi connectivity index (χ3n) is 6.25. The molecule has 3 aromatic heterocycles. The summed E-state index contributed by atoms with van der Waals surface area (Å²) in [6.07, 6.45) is 4.71. The van der Waals surface area contributed by atoms with Crippen LogP contribution in [0.25, 0.3) is 50.8 Å². The van der Waals surface area contributed by atoms with Gasteiger partial charge in [0.15, 0.2) is 17.5 Å². The van der Waals surface area contributed by atoms with E-state index in [-0.39, 0.29) is 11.7 Å². The molecule has 0 spiro atoms. The summed E-state index contributed by atoms with van der Waals surface area (Å²) in [6.45, 7) is 4.01. The molecule has 9 nitrogen and oxygen atoms in total. The van der Waals surface area contributed by atoms with E-state index in [9.17, 15) is 9.90 Å². The van der Waals surface area contributed by atoms with Crippen LogP contribution in [0.1, 0.15) is 24.2 Å². The monoisotopic (exact) mass is 528 g/mol. The van der Waals surface area contributed by atoms with Crippen LogP contribution in [0.2, 0.25) is 0 Å². The number of ether oxygens (including phenoxy) is 1. The molecule has 0 amide bonds. The molecule has 0 aliphatic carbocycles. The Morgan fingerprint density at radius 3 is 2.08 bits per heavy atom. The highest BCUT2D eigenvalue weighted by atomic mass is 16.5. The van der Waals surface area contributed by atoms with Crippen molar-refractivity contribution in [3.63, 3.8) is 0 Å². The minimum Gasteiger partial charge on any atom is -0.491 e. The van der Waals surface area contributed by atoms with Crippen LogP contribution in [0.15, 0.2) is 97.5 Å². The van der Waals surface area contributed by atoms with Crippen molar-refractivity contribution in [2.24, 2.45) is 0 Å². The second-order valence-corrected chi connectivity index (χ2v) is 9.41. The molecule has 9 heteroatoms. The average molecular weight is 529 g/mol. The smallest absolute Gasteiger partial charge is 0.337 e. The Labute approximate surface area is 229 Å². The first-order valence-electron chi connectivity index (χ1n) is 12.7. The van der Waals surface area contributed by atoms with E-state index in [2.05, 4.69) is 15.0 Å². The van der Waals surface area contributed by atoms with Crippen molar-refractivity contribution in [2.45, 2.75) is 20.0 Å². The van der Waals surface area contributed by atoms with Crippen molar-refractivity contribution in [3.05, 3.63) is 103 Å². The first-order valence-corrected chi connectivity index (χ1v) is 12.7. The lowest BCUT2D eigenvalue weighted by Crippen LogP contribution is -2.05. The van der Waals surface area contributed by atoms with Crippen LogP contribution in [-0.4, -0.2) is 46.9 Å². The van der Waals surface area contributed by atoms with Gasteiger partial charge in [-0.15, -0.1) is 5.10 Å². The molecule has 0 fully saturated rings. The van der Waals surface area contributed by atoms with Gasteiger partial charge in [0.2, 0.25) is 0 Å². The minimum absolute atomic E-state index is 0.0889. The SMILES string of the molecule is CC(C)Oc1ccc(-c2ccc(-c3nc(-c4ccc5nccnc5c4)n(-c4ccc(C(=O)O)cn4)n3)cc2)cc1. The number of nitrogens with zero attached hydrogens (tertiary/aromatic N) is 6. The van der Waals surface area contributed by atoms with Crippen LogP contribution in [0.3, 0.4) is 0 Å². The van der Waals surface area contributed by atoms with Crippen LogP contribution in [0.4, 0.5) is 0 Å². The number of benzene rings is 3. The fourth-order valence-corrected chi connectivity index (χ4v) is 4.33. The Morgan fingerprint density at radius 1 is 0.775 bits per heavy atom. The Hall–Kier alpha value is -5.44. The van der Waals surface area contributed by atoms with Gasteiger partial charge < -0.3 is 9.84 Å². The third-order valence-corrected chi connectivity index (χ3v) is 6.25. The number of carboxylic acid groups (broad SMARTS) is 1. The molecule has 0 radical (unpaired) electrons. The molecule has 0 saturated carbocycles. The molecular formula is C31H24N6O3. The van der Waals surface area contributed by atoms with Gasteiger partial charge in [-0.25, -0.2) is 14.8 Å². The molecule has 40 heavy (non-hydrogen) atoms. The normalized spacial score (nSPS) is 11.2. The van der Waals surface area contributed by atoms with Gasteiger partial charge in [-0.2, -0.15) is 4.68 Å². The summed E-state index contributed by atoms with van der Waals surface area (Å²) in [6, 6.07) is 24.8. The Balaban J connectivity index is 1.38. The molecule has 1 N–H and O–H groups in total. The Kier molecular flexibility index (Phi) is 6.45. The fourth-order valence-electron chi connectivity index (χ4n) is 4.33. The highest BCUT2D eigenvalue weighted by Gasteiger charge is 2.17. The van der Waals surface area contributed by atoms with E-state index in [1.807, 2.05) is 80.6 Å². The van der Waals surface area contributed by atoms with E-state index in [0.717, 1.165) is 39.0 Å². The molecule has 3 aromatic carbocycles. The topological polar surface area (TPSA) is 116 Å². The Morgan fingerprint density at radius 2 is 1.43 bits per heavy atom. The van der Waals surface area contributed by atoms with Gasteiger partial charge in [-0.05, 0) is 67.4 Å². The maximum atomic E-state index is 11.3. The second kappa shape index (κ2) is 10.4. The molecule has 6 aromatic rings. The lowest BCUT2D eigenvalue weighted by atomic mass is 10.0. The number of carbonyl (C=O) groups is 1. The van der Waals surface area contributed by atoms with Crippen LogP contribution in [-0.2, 0) is 0 Å². The lowest BCUT2D eigenvalue weighted by molar-refractivity contribution is 0.0696. The zero-order valence-electron chi connectivity index (χ0n) is 21.8. The number of hydrogen-bond acceptors (Lipinski definition) is 7. The van der Waals surface area contributed by atoms with E-state index in [4.69, 9.17) is 14.8 Å². The molecule has 0 aliphatic heterocycles. The van der Waals surface area contributed by atoms with Crippen LogP contribution < -0.4 is 4.74 Å². The maximum absolute atomic E-state index is 11.3. The molecule has 0 saturated heterocycles. The summed E-state index contributed by atoms with van der Waals surface area (Å²) in [7, 11) is 0. The fraction of sp³-hybridized carbons (Fsp3) is 0.0968.